The fourth-order valence-electron chi connectivity index (χ4n) is 1.55. The minimum Gasteiger partial charge on any atom is -0.350 e. The number of nitrogens with one attached hydrogen (secondary N) is 1. The molecule has 1 amide bonds. The van der Waals surface area contributed by atoms with Crippen LogP contribution in [-0.4, -0.2) is 11.8 Å². The summed E-state index contributed by atoms with van der Waals surface area (Å²) in [6.45, 7) is 4.02. The number of rotatable bonds is 4. The average molecular weight is 226 g/mol. The Labute approximate surface area is 95.6 Å². The maximum Gasteiger partial charge on any atom is 0.221 e. The number of hydrogen-bond acceptors (Lipinski definition) is 1. The summed E-state index contributed by atoms with van der Waals surface area (Å²) in [6, 6.07) is 8.08. The molecule has 0 saturated heterocycles. The highest BCUT2D eigenvalue weighted by atomic mass is 35.5. The molecule has 0 aliphatic rings. The second-order valence-electron chi connectivity index (χ2n) is 3.58. The molecular weight excluding hydrogens is 210 g/mol. The largest absolute Gasteiger partial charge is 0.350 e. The van der Waals surface area contributed by atoms with E-state index in [4.69, 9.17) is 11.6 Å². The number of hydrogen-bond donors (Lipinski definition) is 1. The molecule has 0 aliphatic heterocycles. The molecule has 0 aliphatic carbocycles. The van der Waals surface area contributed by atoms with E-state index in [9.17, 15) is 4.79 Å². The molecule has 0 aromatic heterocycles. The Hall–Kier alpha value is -1.02. The van der Waals surface area contributed by atoms with Crippen molar-refractivity contribution in [2.45, 2.75) is 26.3 Å². The molecule has 1 N–H and O–H groups in total. The van der Waals surface area contributed by atoms with Crippen LogP contribution < -0.4 is 5.32 Å². The van der Waals surface area contributed by atoms with Crippen LogP contribution >= 0.6 is 11.6 Å². The summed E-state index contributed by atoms with van der Waals surface area (Å²) in [4.78, 5) is 11.3. The molecule has 1 aromatic carbocycles. The predicted molar refractivity (Wildman–Crippen MR) is 63.1 cm³/mol. The highest BCUT2D eigenvalue weighted by Crippen LogP contribution is 2.16. The van der Waals surface area contributed by atoms with E-state index in [-0.39, 0.29) is 11.9 Å². The first-order chi connectivity index (χ1) is 7.15. The van der Waals surface area contributed by atoms with Crippen LogP contribution in [0.5, 0.6) is 0 Å². The van der Waals surface area contributed by atoms with Gasteiger partial charge in [-0.2, -0.15) is 0 Å². The van der Waals surface area contributed by atoms with Gasteiger partial charge in [-0.3, -0.25) is 4.79 Å². The molecule has 82 valence electrons. The van der Waals surface area contributed by atoms with Crippen LogP contribution in [0.15, 0.2) is 24.3 Å². The Bertz CT molecular complexity index is 338. The van der Waals surface area contributed by atoms with Crippen molar-refractivity contribution in [3.63, 3.8) is 0 Å². The van der Waals surface area contributed by atoms with Gasteiger partial charge in [-0.25, -0.2) is 0 Å². The third-order valence-corrected chi connectivity index (χ3v) is 2.54. The Morgan fingerprint density at radius 3 is 2.73 bits per heavy atom. The summed E-state index contributed by atoms with van der Waals surface area (Å²) in [5.41, 5.74) is 2.34. The van der Waals surface area contributed by atoms with E-state index in [1.807, 2.05) is 38.1 Å². The lowest BCUT2D eigenvalue weighted by molar-refractivity contribution is -0.121. The van der Waals surface area contributed by atoms with Gasteiger partial charge in [0.1, 0.15) is 0 Å². The van der Waals surface area contributed by atoms with Gasteiger partial charge in [-0.15, -0.1) is 11.6 Å². The van der Waals surface area contributed by atoms with Gasteiger partial charge in [0.15, 0.2) is 0 Å². The molecule has 2 nitrogen and oxygen atoms in total. The average Bonchev–Trinajstić information content (AvgIpc) is 2.18. The van der Waals surface area contributed by atoms with Crippen LogP contribution in [0.25, 0.3) is 0 Å². The van der Waals surface area contributed by atoms with E-state index in [2.05, 4.69) is 5.32 Å². The number of aryl methyl sites for hydroxylation is 1. The van der Waals surface area contributed by atoms with E-state index in [1.54, 1.807) is 0 Å². The summed E-state index contributed by atoms with van der Waals surface area (Å²) >= 11 is 5.50. The molecule has 15 heavy (non-hydrogen) atoms. The van der Waals surface area contributed by atoms with Crippen LogP contribution in [0.3, 0.4) is 0 Å². The van der Waals surface area contributed by atoms with Crippen molar-refractivity contribution in [1.29, 1.82) is 0 Å². The van der Waals surface area contributed by atoms with Gasteiger partial charge in [0, 0.05) is 12.3 Å². The van der Waals surface area contributed by atoms with Crippen molar-refractivity contribution in [3.8, 4) is 0 Å². The van der Waals surface area contributed by atoms with Crippen molar-refractivity contribution >= 4 is 17.5 Å². The first kappa shape index (κ1) is 12.1. The fourth-order valence-corrected chi connectivity index (χ4v) is 1.72. The number of amides is 1. The van der Waals surface area contributed by atoms with Crippen molar-refractivity contribution in [3.05, 3.63) is 35.4 Å². The highest BCUT2D eigenvalue weighted by molar-refractivity contribution is 6.18. The lowest BCUT2D eigenvalue weighted by Crippen LogP contribution is -2.27. The van der Waals surface area contributed by atoms with Crippen LogP contribution in [0, 0.1) is 6.92 Å². The third-order valence-electron chi connectivity index (χ3n) is 2.35. The maximum absolute atomic E-state index is 11.3. The molecule has 0 fully saturated rings. The lowest BCUT2D eigenvalue weighted by atomic mass is 10.0. The smallest absolute Gasteiger partial charge is 0.221 e. The lowest BCUT2D eigenvalue weighted by Gasteiger charge is -2.16. The topological polar surface area (TPSA) is 29.1 Å². The molecule has 1 atom stereocenters. The monoisotopic (exact) mass is 225 g/mol. The third kappa shape index (κ3) is 3.56. The van der Waals surface area contributed by atoms with E-state index in [0.717, 1.165) is 5.56 Å². The predicted octanol–water partition coefficient (Wildman–Crippen LogP) is 2.80. The second-order valence-corrected chi connectivity index (χ2v) is 3.96. The molecule has 0 spiro atoms. The van der Waals surface area contributed by atoms with Gasteiger partial charge in [0.2, 0.25) is 5.91 Å². The Morgan fingerprint density at radius 2 is 2.13 bits per heavy atom. The van der Waals surface area contributed by atoms with E-state index < -0.39 is 0 Å². The van der Waals surface area contributed by atoms with Crippen molar-refractivity contribution in [2.24, 2.45) is 0 Å². The van der Waals surface area contributed by atoms with E-state index in [1.165, 1.54) is 5.56 Å². The Kier molecular flexibility index (Phi) is 4.63. The number of alkyl halides is 1. The van der Waals surface area contributed by atoms with Crippen LogP contribution in [0.4, 0.5) is 0 Å². The molecular formula is C12H16ClNO. The number of halogens is 1. The quantitative estimate of drug-likeness (QED) is 0.785. The summed E-state index contributed by atoms with van der Waals surface area (Å²) in [5, 5.41) is 2.91. The molecule has 1 aromatic rings. The van der Waals surface area contributed by atoms with Gasteiger partial charge < -0.3 is 5.32 Å². The van der Waals surface area contributed by atoms with Gasteiger partial charge in [-0.1, -0.05) is 24.3 Å². The van der Waals surface area contributed by atoms with Gasteiger partial charge in [0.25, 0.3) is 0 Å². The maximum atomic E-state index is 11.3. The molecule has 0 bridgehead atoms. The minimum atomic E-state index is 0.000697. The first-order valence-electron chi connectivity index (χ1n) is 5.06. The first-order valence-corrected chi connectivity index (χ1v) is 5.59. The fraction of sp³-hybridized carbons (Fsp3) is 0.417. The van der Waals surface area contributed by atoms with Gasteiger partial charge in [-0.05, 0) is 25.0 Å². The van der Waals surface area contributed by atoms with Crippen LogP contribution in [-0.2, 0) is 4.79 Å². The summed E-state index contributed by atoms with van der Waals surface area (Å²) in [6.07, 6.45) is 0.373. The zero-order chi connectivity index (χ0) is 11.3. The highest BCUT2D eigenvalue weighted by Gasteiger charge is 2.10. The minimum absolute atomic E-state index is 0.000697. The number of carbonyl (C=O) groups excluding carboxylic acids is 1. The summed E-state index contributed by atoms with van der Waals surface area (Å²) in [5.74, 6) is 0.368. The number of carbonyl (C=O) groups is 1. The molecule has 1 rings (SSSR count). The van der Waals surface area contributed by atoms with E-state index >= 15 is 0 Å². The van der Waals surface area contributed by atoms with Crippen LogP contribution in [0.1, 0.15) is 30.5 Å². The molecule has 0 radical (unpaired) electrons. The SMILES string of the molecule is Cc1ccccc1C(C)NC(=O)CCCl. The van der Waals surface area contributed by atoms with Crippen molar-refractivity contribution in [2.75, 3.05) is 5.88 Å². The van der Waals surface area contributed by atoms with Crippen molar-refractivity contribution < 1.29 is 4.79 Å². The molecule has 3 heteroatoms. The van der Waals surface area contributed by atoms with E-state index in [0.29, 0.717) is 12.3 Å². The molecule has 1 unspecified atom stereocenters. The summed E-state index contributed by atoms with van der Waals surface area (Å²) in [7, 11) is 0. The van der Waals surface area contributed by atoms with Crippen LogP contribution in [0.2, 0.25) is 0 Å². The Morgan fingerprint density at radius 1 is 1.47 bits per heavy atom. The number of benzene rings is 1. The van der Waals surface area contributed by atoms with Gasteiger partial charge in [0.05, 0.1) is 6.04 Å². The van der Waals surface area contributed by atoms with Crippen molar-refractivity contribution in [1.82, 2.24) is 5.32 Å². The zero-order valence-electron chi connectivity index (χ0n) is 9.09. The van der Waals surface area contributed by atoms with Gasteiger partial charge >= 0.3 is 0 Å². The standard InChI is InChI=1S/C12H16ClNO/c1-9-5-3-4-6-11(9)10(2)14-12(15)7-8-13/h3-6,10H,7-8H2,1-2H3,(H,14,15). The second kappa shape index (κ2) is 5.76. The normalized spacial score (nSPS) is 12.2. The summed E-state index contributed by atoms with van der Waals surface area (Å²) < 4.78 is 0. The molecule has 0 saturated carbocycles. The Balaban J connectivity index is 2.65. The zero-order valence-corrected chi connectivity index (χ0v) is 9.84. The molecule has 0 heterocycles.